The normalized spacial score (nSPS) is 12.6. The van der Waals surface area contributed by atoms with Crippen molar-refractivity contribution in [3.8, 4) is 0 Å². The van der Waals surface area contributed by atoms with E-state index in [4.69, 9.17) is 0 Å². The minimum atomic E-state index is -0.286. The van der Waals surface area contributed by atoms with E-state index in [1.807, 2.05) is 0 Å². The SMILES string of the molecule is CCCCCCCCCCC(O)c1c(C)cc(C)cc1C. The van der Waals surface area contributed by atoms with Crippen molar-refractivity contribution in [1.29, 1.82) is 0 Å². The van der Waals surface area contributed by atoms with Crippen LogP contribution in [0.5, 0.6) is 0 Å². The summed E-state index contributed by atoms with van der Waals surface area (Å²) < 4.78 is 0. The molecule has 1 aromatic rings. The third kappa shape index (κ3) is 6.65. The lowest BCUT2D eigenvalue weighted by Gasteiger charge is -2.17. The van der Waals surface area contributed by atoms with Crippen LogP contribution in [-0.2, 0) is 0 Å². The number of aryl methyl sites for hydroxylation is 3. The fourth-order valence-electron chi connectivity index (χ4n) is 3.33. The van der Waals surface area contributed by atoms with Crippen LogP contribution in [0.1, 0.15) is 93.1 Å². The van der Waals surface area contributed by atoms with Gasteiger partial charge in [0.1, 0.15) is 0 Å². The molecule has 0 aromatic heterocycles. The minimum absolute atomic E-state index is 0.286. The van der Waals surface area contributed by atoms with Crippen LogP contribution in [0.25, 0.3) is 0 Å². The molecule has 0 bridgehead atoms. The zero-order chi connectivity index (χ0) is 15.7. The largest absolute Gasteiger partial charge is 0.388 e. The van der Waals surface area contributed by atoms with E-state index in [2.05, 4.69) is 39.8 Å². The Balaban J connectivity index is 2.27. The molecule has 0 fully saturated rings. The van der Waals surface area contributed by atoms with E-state index >= 15 is 0 Å². The van der Waals surface area contributed by atoms with Crippen molar-refractivity contribution in [2.45, 2.75) is 91.6 Å². The second-order valence-corrected chi connectivity index (χ2v) is 6.59. The van der Waals surface area contributed by atoms with Crippen LogP contribution in [0.3, 0.4) is 0 Å². The maximum Gasteiger partial charge on any atom is 0.0795 e. The zero-order valence-electron chi connectivity index (χ0n) is 14.5. The minimum Gasteiger partial charge on any atom is -0.388 e. The number of rotatable bonds is 10. The summed E-state index contributed by atoms with van der Waals surface area (Å²) in [5.41, 5.74) is 4.91. The standard InChI is InChI=1S/C20H34O/c1-5-6-7-8-9-10-11-12-13-19(21)20-17(3)14-16(2)15-18(20)4/h14-15,19,21H,5-13H2,1-4H3. The van der Waals surface area contributed by atoms with Crippen molar-refractivity contribution in [3.63, 3.8) is 0 Å². The summed E-state index contributed by atoms with van der Waals surface area (Å²) in [4.78, 5) is 0. The predicted molar refractivity (Wildman–Crippen MR) is 92.8 cm³/mol. The van der Waals surface area contributed by atoms with Gasteiger partial charge < -0.3 is 5.11 Å². The molecule has 120 valence electrons. The lowest BCUT2D eigenvalue weighted by molar-refractivity contribution is 0.162. The summed E-state index contributed by atoms with van der Waals surface area (Å²) >= 11 is 0. The number of hydrogen-bond donors (Lipinski definition) is 1. The fourth-order valence-corrected chi connectivity index (χ4v) is 3.33. The molecule has 0 aliphatic heterocycles. The number of unbranched alkanes of at least 4 members (excludes halogenated alkanes) is 7. The molecule has 0 aliphatic rings. The quantitative estimate of drug-likeness (QED) is 0.510. The van der Waals surface area contributed by atoms with E-state index in [0.717, 1.165) is 18.4 Å². The summed E-state index contributed by atoms with van der Waals surface area (Å²) in [7, 11) is 0. The molecule has 1 aromatic carbocycles. The first kappa shape index (κ1) is 18.2. The average molecular weight is 290 g/mol. The molecule has 0 spiro atoms. The molecule has 1 N–H and O–H groups in total. The van der Waals surface area contributed by atoms with E-state index in [1.54, 1.807) is 0 Å². The van der Waals surface area contributed by atoms with Gasteiger partial charge in [-0.1, -0.05) is 76.0 Å². The van der Waals surface area contributed by atoms with Crippen molar-refractivity contribution in [1.82, 2.24) is 0 Å². The van der Waals surface area contributed by atoms with Crippen LogP contribution >= 0.6 is 0 Å². The highest BCUT2D eigenvalue weighted by Crippen LogP contribution is 2.27. The van der Waals surface area contributed by atoms with Gasteiger partial charge in [-0.25, -0.2) is 0 Å². The van der Waals surface area contributed by atoms with Gasteiger partial charge in [0.05, 0.1) is 6.10 Å². The molecule has 0 aliphatic carbocycles. The van der Waals surface area contributed by atoms with Crippen LogP contribution in [-0.4, -0.2) is 5.11 Å². The van der Waals surface area contributed by atoms with Crippen LogP contribution in [0.15, 0.2) is 12.1 Å². The fraction of sp³-hybridized carbons (Fsp3) is 0.700. The van der Waals surface area contributed by atoms with Gasteiger partial charge in [0.15, 0.2) is 0 Å². The van der Waals surface area contributed by atoms with Crippen molar-refractivity contribution in [3.05, 3.63) is 34.4 Å². The van der Waals surface area contributed by atoms with Gasteiger partial charge in [-0.15, -0.1) is 0 Å². The predicted octanol–water partition coefficient (Wildman–Crippen LogP) is 6.18. The molecule has 21 heavy (non-hydrogen) atoms. The van der Waals surface area contributed by atoms with E-state index in [-0.39, 0.29) is 6.10 Å². The lowest BCUT2D eigenvalue weighted by atomic mass is 9.93. The van der Waals surface area contributed by atoms with E-state index < -0.39 is 0 Å². The van der Waals surface area contributed by atoms with Crippen LogP contribution < -0.4 is 0 Å². The van der Waals surface area contributed by atoms with Gasteiger partial charge in [0.2, 0.25) is 0 Å². The topological polar surface area (TPSA) is 20.2 Å². The number of aliphatic hydroxyl groups is 1. The average Bonchev–Trinajstić information content (AvgIpc) is 2.40. The van der Waals surface area contributed by atoms with Gasteiger partial charge in [-0.3, -0.25) is 0 Å². The maximum atomic E-state index is 10.4. The van der Waals surface area contributed by atoms with Gasteiger partial charge in [-0.05, 0) is 43.9 Å². The molecule has 1 rings (SSSR count). The number of benzene rings is 1. The summed E-state index contributed by atoms with van der Waals surface area (Å²) in [6.45, 7) is 8.61. The molecule has 0 radical (unpaired) electrons. The first-order chi connectivity index (χ1) is 10.1. The molecule has 1 heteroatoms. The Hall–Kier alpha value is -0.820. The Kier molecular flexibility index (Phi) is 8.68. The van der Waals surface area contributed by atoms with E-state index in [1.165, 1.54) is 61.6 Å². The Morgan fingerprint density at radius 3 is 1.81 bits per heavy atom. The van der Waals surface area contributed by atoms with Crippen molar-refractivity contribution < 1.29 is 5.11 Å². The molecule has 0 amide bonds. The third-order valence-corrected chi connectivity index (χ3v) is 4.40. The van der Waals surface area contributed by atoms with Crippen LogP contribution in [0.4, 0.5) is 0 Å². The molecular formula is C20H34O. The van der Waals surface area contributed by atoms with Gasteiger partial charge >= 0.3 is 0 Å². The smallest absolute Gasteiger partial charge is 0.0795 e. The molecule has 0 heterocycles. The second kappa shape index (κ2) is 10.00. The Morgan fingerprint density at radius 2 is 1.29 bits per heavy atom. The van der Waals surface area contributed by atoms with Crippen molar-refractivity contribution in [2.24, 2.45) is 0 Å². The maximum absolute atomic E-state index is 10.4. The first-order valence-corrected chi connectivity index (χ1v) is 8.82. The molecule has 1 atom stereocenters. The first-order valence-electron chi connectivity index (χ1n) is 8.82. The third-order valence-electron chi connectivity index (χ3n) is 4.40. The molecular weight excluding hydrogens is 256 g/mol. The lowest BCUT2D eigenvalue weighted by Crippen LogP contribution is -2.03. The Labute approximate surface area is 131 Å². The summed E-state index contributed by atoms with van der Waals surface area (Å²) in [6, 6.07) is 4.36. The van der Waals surface area contributed by atoms with Crippen molar-refractivity contribution >= 4 is 0 Å². The number of hydrogen-bond acceptors (Lipinski definition) is 1. The second-order valence-electron chi connectivity index (χ2n) is 6.59. The highest BCUT2D eigenvalue weighted by molar-refractivity contribution is 5.38. The molecule has 1 unspecified atom stereocenters. The van der Waals surface area contributed by atoms with Gasteiger partial charge in [0.25, 0.3) is 0 Å². The van der Waals surface area contributed by atoms with Gasteiger partial charge in [0, 0.05) is 0 Å². The van der Waals surface area contributed by atoms with Crippen LogP contribution in [0, 0.1) is 20.8 Å². The number of aliphatic hydroxyl groups excluding tert-OH is 1. The monoisotopic (exact) mass is 290 g/mol. The zero-order valence-corrected chi connectivity index (χ0v) is 14.5. The van der Waals surface area contributed by atoms with E-state index in [9.17, 15) is 5.11 Å². The summed E-state index contributed by atoms with van der Waals surface area (Å²) in [6.07, 6.45) is 11.2. The highest BCUT2D eigenvalue weighted by atomic mass is 16.3. The van der Waals surface area contributed by atoms with Crippen LogP contribution in [0.2, 0.25) is 0 Å². The Morgan fingerprint density at radius 1 is 0.810 bits per heavy atom. The Bertz CT molecular complexity index is 385. The van der Waals surface area contributed by atoms with E-state index in [0.29, 0.717) is 0 Å². The molecule has 0 saturated heterocycles. The highest BCUT2D eigenvalue weighted by Gasteiger charge is 2.13. The summed E-state index contributed by atoms with van der Waals surface area (Å²) in [5, 5.41) is 10.4. The van der Waals surface area contributed by atoms with Crippen molar-refractivity contribution in [2.75, 3.05) is 0 Å². The summed E-state index contributed by atoms with van der Waals surface area (Å²) in [5.74, 6) is 0. The molecule has 1 nitrogen and oxygen atoms in total. The van der Waals surface area contributed by atoms with Gasteiger partial charge in [-0.2, -0.15) is 0 Å². The molecule has 0 saturated carbocycles.